The number of hydrogen-bond donors (Lipinski definition) is 2. The van der Waals surface area contributed by atoms with Crippen molar-refractivity contribution in [1.29, 1.82) is 0 Å². The van der Waals surface area contributed by atoms with E-state index in [1.165, 1.54) is 32.1 Å². The van der Waals surface area contributed by atoms with E-state index in [1.54, 1.807) is 0 Å². The summed E-state index contributed by atoms with van der Waals surface area (Å²) >= 11 is 0. The smallest absolute Gasteiger partial charge is 0.241 e. The third-order valence-corrected chi connectivity index (χ3v) is 4.29. The summed E-state index contributed by atoms with van der Waals surface area (Å²) in [6.07, 6.45) is 7.29. The zero-order valence-corrected chi connectivity index (χ0v) is 15.6. The Morgan fingerprint density at radius 2 is 2.00 bits per heavy atom. The van der Waals surface area contributed by atoms with Gasteiger partial charge in [-0.1, -0.05) is 45.2 Å². The molecule has 0 bridgehead atoms. The van der Waals surface area contributed by atoms with Crippen molar-refractivity contribution in [2.75, 3.05) is 5.32 Å². The van der Waals surface area contributed by atoms with Crippen molar-refractivity contribution < 1.29 is 9.53 Å². The van der Waals surface area contributed by atoms with E-state index >= 15 is 0 Å². The summed E-state index contributed by atoms with van der Waals surface area (Å²) in [6, 6.07) is 7.39. The van der Waals surface area contributed by atoms with Crippen molar-refractivity contribution in [3.05, 3.63) is 29.8 Å². The van der Waals surface area contributed by atoms with Gasteiger partial charge in [-0.25, -0.2) is 0 Å². The molecule has 3 N–H and O–H groups in total. The number of carbonyl (C=O) groups is 1. The summed E-state index contributed by atoms with van der Waals surface area (Å²) in [6.45, 7) is 4.74. The van der Waals surface area contributed by atoms with Gasteiger partial charge in [-0.05, 0) is 42.9 Å². The summed E-state index contributed by atoms with van der Waals surface area (Å²) in [5.41, 5.74) is 7.80. The number of ether oxygens (including phenoxy) is 1. The van der Waals surface area contributed by atoms with Gasteiger partial charge in [0, 0.05) is 5.69 Å². The molecule has 1 aromatic rings. The van der Waals surface area contributed by atoms with Crippen LogP contribution in [0.3, 0.4) is 0 Å². The number of anilines is 1. The van der Waals surface area contributed by atoms with Crippen LogP contribution in [0.5, 0.6) is 0 Å². The number of nitrogens with two attached hydrogens (primary N) is 1. The number of amides is 1. The maximum absolute atomic E-state index is 12.1. The standard InChI is InChI=1S/C19H30N2O2.ClH/c1-14(2)11-18(20)19(22)21-16-8-6-7-15(12-16)13-23-17-9-4-3-5-10-17;/h6-8,12,14,17-18H,3-5,9-11,13,20H2,1-2H3,(H,21,22);1H/t18-;/m0./s1. The molecule has 0 saturated heterocycles. The Kier molecular flexibility index (Phi) is 9.34. The second kappa shape index (κ2) is 10.7. The lowest BCUT2D eigenvalue weighted by Crippen LogP contribution is -2.36. The first-order valence-corrected chi connectivity index (χ1v) is 8.81. The minimum atomic E-state index is -0.461. The van der Waals surface area contributed by atoms with Gasteiger partial charge in [0.25, 0.3) is 0 Å². The predicted molar refractivity (Wildman–Crippen MR) is 101 cm³/mol. The fraction of sp³-hybridized carbons (Fsp3) is 0.632. The highest BCUT2D eigenvalue weighted by atomic mass is 35.5. The zero-order valence-electron chi connectivity index (χ0n) is 14.8. The normalized spacial score (nSPS) is 16.5. The summed E-state index contributed by atoms with van der Waals surface area (Å²) in [4.78, 5) is 12.1. The number of halogens is 1. The molecule has 1 saturated carbocycles. The molecular weight excluding hydrogens is 324 g/mol. The third-order valence-electron chi connectivity index (χ3n) is 4.29. The fourth-order valence-corrected chi connectivity index (χ4v) is 3.03. The SMILES string of the molecule is CC(C)C[C@H](N)C(=O)Nc1cccc(COC2CCCCC2)c1.Cl. The fourth-order valence-electron chi connectivity index (χ4n) is 3.03. The molecule has 136 valence electrons. The first-order chi connectivity index (χ1) is 11.0. The first-order valence-electron chi connectivity index (χ1n) is 8.81. The highest BCUT2D eigenvalue weighted by Gasteiger charge is 2.16. The molecule has 4 nitrogen and oxygen atoms in total. The predicted octanol–water partition coefficient (Wildman–Crippen LogP) is 4.27. The van der Waals surface area contributed by atoms with Crippen molar-refractivity contribution in [2.45, 2.75) is 71.1 Å². The van der Waals surface area contributed by atoms with E-state index in [9.17, 15) is 4.79 Å². The van der Waals surface area contributed by atoms with Crippen LogP contribution in [-0.4, -0.2) is 18.1 Å². The molecule has 24 heavy (non-hydrogen) atoms. The van der Waals surface area contributed by atoms with Gasteiger partial charge in [0.1, 0.15) is 0 Å². The summed E-state index contributed by atoms with van der Waals surface area (Å²) in [7, 11) is 0. The van der Waals surface area contributed by atoms with E-state index in [4.69, 9.17) is 10.5 Å². The molecule has 0 spiro atoms. The number of rotatable bonds is 7. The molecule has 0 aromatic heterocycles. The number of nitrogens with one attached hydrogen (secondary N) is 1. The van der Waals surface area contributed by atoms with Crippen LogP contribution in [0.4, 0.5) is 5.69 Å². The van der Waals surface area contributed by atoms with E-state index < -0.39 is 6.04 Å². The maximum Gasteiger partial charge on any atom is 0.241 e. The number of hydrogen-bond acceptors (Lipinski definition) is 3. The Hall–Kier alpha value is -1.10. The van der Waals surface area contributed by atoms with Gasteiger partial charge in [-0.2, -0.15) is 0 Å². The van der Waals surface area contributed by atoms with Gasteiger partial charge < -0.3 is 15.8 Å². The van der Waals surface area contributed by atoms with Gasteiger partial charge in [0.2, 0.25) is 5.91 Å². The molecular formula is C19H31ClN2O2. The van der Waals surface area contributed by atoms with Crippen LogP contribution >= 0.6 is 12.4 Å². The van der Waals surface area contributed by atoms with E-state index in [0.29, 0.717) is 25.0 Å². The maximum atomic E-state index is 12.1. The van der Waals surface area contributed by atoms with Crippen molar-refractivity contribution in [2.24, 2.45) is 11.7 Å². The van der Waals surface area contributed by atoms with Crippen LogP contribution in [0, 0.1) is 5.92 Å². The molecule has 1 aliphatic carbocycles. The number of benzene rings is 1. The lowest BCUT2D eigenvalue weighted by molar-refractivity contribution is -0.117. The van der Waals surface area contributed by atoms with E-state index in [1.807, 2.05) is 24.3 Å². The average Bonchev–Trinajstić information content (AvgIpc) is 2.53. The van der Waals surface area contributed by atoms with Crippen LogP contribution in [0.15, 0.2) is 24.3 Å². The Morgan fingerprint density at radius 1 is 1.29 bits per heavy atom. The topological polar surface area (TPSA) is 64.4 Å². The van der Waals surface area contributed by atoms with Crippen molar-refractivity contribution >= 4 is 24.0 Å². The molecule has 0 unspecified atom stereocenters. The lowest BCUT2D eigenvalue weighted by atomic mass is 9.98. The molecule has 2 rings (SSSR count). The molecule has 0 heterocycles. The number of carbonyl (C=O) groups excluding carboxylic acids is 1. The Morgan fingerprint density at radius 3 is 2.67 bits per heavy atom. The van der Waals surface area contributed by atoms with Crippen LogP contribution in [0.1, 0.15) is 57.9 Å². The van der Waals surface area contributed by atoms with Gasteiger partial charge in [-0.15, -0.1) is 12.4 Å². The first kappa shape index (κ1) is 20.9. The Bertz CT molecular complexity index is 502. The quantitative estimate of drug-likeness (QED) is 0.768. The van der Waals surface area contributed by atoms with Crippen molar-refractivity contribution in [3.8, 4) is 0 Å². The largest absolute Gasteiger partial charge is 0.374 e. The van der Waals surface area contributed by atoms with E-state index in [2.05, 4.69) is 19.2 Å². The Balaban J connectivity index is 0.00000288. The third kappa shape index (κ3) is 7.20. The minimum absolute atomic E-state index is 0. The highest BCUT2D eigenvalue weighted by Crippen LogP contribution is 2.22. The lowest BCUT2D eigenvalue weighted by Gasteiger charge is -2.22. The van der Waals surface area contributed by atoms with Crippen LogP contribution in [0.25, 0.3) is 0 Å². The zero-order chi connectivity index (χ0) is 16.7. The van der Waals surface area contributed by atoms with Gasteiger partial charge in [0.15, 0.2) is 0 Å². The molecule has 0 radical (unpaired) electrons. The Labute approximate surface area is 151 Å². The summed E-state index contributed by atoms with van der Waals surface area (Å²) in [5.74, 6) is 0.287. The molecule has 0 aliphatic heterocycles. The second-order valence-electron chi connectivity index (χ2n) is 7.00. The minimum Gasteiger partial charge on any atom is -0.374 e. The highest BCUT2D eigenvalue weighted by molar-refractivity contribution is 5.94. The van der Waals surface area contributed by atoms with Crippen LogP contribution < -0.4 is 11.1 Å². The summed E-state index contributed by atoms with van der Waals surface area (Å²) in [5, 5.41) is 2.91. The average molecular weight is 355 g/mol. The second-order valence-corrected chi connectivity index (χ2v) is 7.00. The van der Waals surface area contributed by atoms with Gasteiger partial charge in [-0.3, -0.25) is 4.79 Å². The molecule has 1 amide bonds. The molecule has 1 fully saturated rings. The molecule has 5 heteroatoms. The summed E-state index contributed by atoms with van der Waals surface area (Å²) < 4.78 is 5.99. The molecule has 1 aliphatic rings. The van der Waals surface area contributed by atoms with Crippen molar-refractivity contribution in [3.63, 3.8) is 0 Å². The van der Waals surface area contributed by atoms with Gasteiger partial charge in [0.05, 0.1) is 18.8 Å². The van der Waals surface area contributed by atoms with Crippen LogP contribution in [-0.2, 0) is 16.1 Å². The monoisotopic (exact) mass is 354 g/mol. The molecule has 1 aromatic carbocycles. The van der Waals surface area contributed by atoms with E-state index in [-0.39, 0.29) is 18.3 Å². The van der Waals surface area contributed by atoms with Crippen molar-refractivity contribution in [1.82, 2.24) is 0 Å². The molecule has 1 atom stereocenters. The van der Waals surface area contributed by atoms with E-state index in [0.717, 1.165) is 11.3 Å². The van der Waals surface area contributed by atoms with Crippen LogP contribution in [0.2, 0.25) is 0 Å². The van der Waals surface area contributed by atoms with Gasteiger partial charge >= 0.3 is 0 Å².